The number of rotatable bonds is 6. The number of benzene rings is 3. The van der Waals surface area contributed by atoms with E-state index in [9.17, 15) is 9.90 Å². The van der Waals surface area contributed by atoms with E-state index in [1.165, 1.54) is 0 Å². The van der Waals surface area contributed by atoms with Gasteiger partial charge in [0.1, 0.15) is 11.9 Å². The largest absolute Gasteiger partial charge is 0.477 e. The minimum absolute atomic E-state index is 0.227. The number of hydrogen-bond acceptors (Lipinski definition) is 5. The lowest BCUT2D eigenvalue weighted by Gasteiger charge is -2.39. The Labute approximate surface area is 195 Å². The monoisotopic (exact) mass is 494 g/mol. The van der Waals surface area contributed by atoms with Gasteiger partial charge >= 0.3 is 0 Å². The van der Waals surface area contributed by atoms with E-state index in [0.29, 0.717) is 23.5 Å². The zero-order chi connectivity index (χ0) is 22.3. The molecule has 5 rings (SSSR count). The van der Waals surface area contributed by atoms with Crippen LogP contribution in [0.3, 0.4) is 0 Å². The van der Waals surface area contributed by atoms with Gasteiger partial charge in [0.2, 0.25) is 5.78 Å². The normalized spacial score (nSPS) is 28.3. The Hall–Kier alpha value is -2.51. The highest BCUT2D eigenvalue weighted by atomic mass is 79.9. The van der Waals surface area contributed by atoms with E-state index < -0.39 is 29.0 Å². The van der Waals surface area contributed by atoms with Crippen LogP contribution in [0, 0.1) is 0 Å². The maximum absolute atomic E-state index is 14.0. The van der Waals surface area contributed by atoms with E-state index in [1.807, 2.05) is 66.7 Å². The number of methoxy groups -OCH3 is 1. The van der Waals surface area contributed by atoms with Crippen LogP contribution in [0.4, 0.5) is 0 Å². The second-order valence-corrected chi connectivity index (χ2v) is 9.00. The predicted molar refractivity (Wildman–Crippen MR) is 123 cm³/mol. The Kier molecular flexibility index (Phi) is 5.42. The molecule has 1 aliphatic carbocycles. The predicted octanol–water partition coefficient (Wildman–Crippen LogP) is 4.32. The second kappa shape index (κ2) is 8.12. The first-order valence-electron chi connectivity index (χ1n) is 10.5. The molecule has 0 amide bonds. The van der Waals surface area contributed by atoms with Crippen LogP contribution in [0.2, 0.25) is 0 Å². The van der Waals surface area contributed by atoms with Crippen molar-refractivity contribution in [1.29, 1.82) is 0 Å². The molecule has 32 heavy (non-hydrogen) atoms. The van der Waals surface area contributed by atoms with Crippen LogP contribution in [0.15, 0.2) is 83.3 Å². The fraction of sp³-hybridized carbons (Fsp3) is 0.269. The Bertz CT molecular complexity index is 1130. The summed E-state index contributed by atoms with van der Waals surface area (Å²) in [5, 5.41) is 12.3. The first-order valence-corrected chi connectivity index (χ1v) is 11.3. The van der Waals surface area contributed by atoms with Crippen LogP contribution >= 0.6 is 15.9 Å². The second-order valence-electron chi connectivity index (χ2n) is 8.09. The smallest absolute Gasteiger partial charge is 0.203 e. The molecule has 1 fully saturated rings. The lowest BCUT2D eigenvalue weighted by molar-refractivity contribution is -0.153. The third-order valence-corrected chi connectivity index (χ3v) is 6.99. The van der Waals surface area contributed by atoms with Gasteiger partial charge in [0.25, 0.3) is 0 Å². The van der Waals surface area contributed by atoms with E-state index in [4.69, 9.17) is 14.2 Å². The summed E-state index contributed by atoms with van der Waals surface area (Å²) >= 11 is 3.48. The molecule has 3 aromatic carbocycles. The van der Waals surface area contributed by atoms with E-state index in [1.54, 1.807) is 19.2 Å². The fourth-order valence-electron chi connectivity index (χ4n) is 5.12. The summed E-state index contributed by atoms with van der Waals surface area (Å²) in [6.45, 7) is 0.566. The third kappa shape index (κ3) is 2.90. The highest BCUT2D eigenvalue weighted by Gasteiger charge is 2.76. The zero-order valence-corrected chi connectivity index (χ0v) is 19.1. The number of carbonyl (C=O) groups excluding carboxylic acids is 1. The Morgan fingerprint density at radius 1 is 0.969 bits per heavy atom. The molecule has 0 saturated heterocycles. The Morgan fingerprint density at radius 2 is 1.66 bits per heavy atom. The van der Waals surface area contributed by atoms with Crippen molar-refractivity contribution in [2.24, 2.45) is 0 Å². The number of carbonyl (C=O) groups is 1. The summed E-state index contributed by atoms with van der Waals surface area (Å²) in [4.78, 5) is 14.0. The van der Waals surface area contributed by atoms with Crippen LogP contribution in [0.5, 0.6) is 5.75 Å². The SMILES string of the molecule is COCCOC1C(=O)C2(O)c3ccccc3OC2(c2ccc(Br)cc2)C1c1ccccc1. The fourth-order valence-corrected chi connectivity index (χ4v) is 5.39. The number of halogens is 1. The van der Waals surface area contributed by atoms with Gasteiger partial charge in [-0.1, -0.05) is 76.6 Å². The number of ether oxygens (including phenoxy) is 3. The molecular weight excluding hydrogens is 472 g/mol. The quantitative estimate of drug-likeness (QED) is 0.516. The number of hydrogen-bond donors (Lipinski definition) is 1. The summed E-state index contributed by atoms with van der Waals surface area (Å²) < 4.78 is 18.7. The molecule has 6 heteroatoms. The van der Waals surface area contributed by atoms with Crippen molar-refractivity contribution in [1.82, 2.24) is 0 Å². The maximum Gasteiger partial charge on any atom is 0.203 e. The lowest BCUT2D eigenvalue weighted by atomic mass is 9.71. The van der Waals surface area contributed by atoms with Crippen molar-refractivity contribution in [2.45, 2.75) is 23.2 Å². The van der Waals surface area contributed by atoms with Gasteiger partial charge in [-0.3, -0.25) is 4.79 Å². The molecule has 1 aliphatic heterocycles. The topological polar surface area (TPSA) is 65.0 Å². The molecular formula is C26H23BrO5. The van der Waals surface area contributed by atoms with Crippen LogP contribution in [-0.4, -0.2) is 37.3 Å². The number of Topliss-reactive ketones (excluding diaryl/α,β-unsaturated/α-hetero) is 1. The van der Waals surface area contributed by atoms with Crippen molar-refractivity contribution >= 4 is 21.7 Å². The van der Waals surface area contributed by atoms with Crippen molar-refractivity contribution in [3.8, 4) is 5.75 Å². The van der Waals surface area contributed by atoms with Crippen molar-refractivity contribution in [3.63, 3.8) is 0 Å². The maximum atomic E-state index is 14.0. The minimum Gasteiger partial charge on any atom is -0.477 e. The van der Waals surface area contributed by atoms with Crippen molar-refractivity contribution in [3.05, 3.63) is 100 Å². The molecule has 1 N–H and O–H groups in total. The first kappa shape index (κ1) is 21.3. The van der Waals surface area contributed by atoms with E-state index >= 15 is 0 Å². The molecule has 0 aromatic heterocycles. The summed E-state index contributed by atoms with van der Waals surface area (Å²) in [5.74, 6) is -0.482. The van der Waals surface area contributed by atoms with Gasteiger partial charge in [0, 0.05) is 17.1 Å². The van der Waals surface area contributed by atoms with Gasteiger partial charge in [0.15, 0.2) is 11.2 Å². The van der Waals surface area contributed by atoms with Crippen molar-refractivity contribution < 1.29 is 24.1 Å². The number of para-hydroxylation sites is 1. The van der Waals surface area contributed by atoms with Crippen LogP contribution < -0.4 is 4.74 Å². The van der Waals surface area contributed by atoms with E-state index in [0.717, 1.165) is 10.0 Å². The van der Waals surface area contributed by atoms with E-state index in [2.05, 4.69) is 15.9 Å². The van der Waals surface area contributed by atoms with Gasteiger partial charge in [-0.25, -0.2) is 0 Å². The van der Waals surface area contributed by atoms with Gasteiger partial charge in [-0.15, -0.1) is 0 Å². The van der Waals surface area contributed by atoms with Crippen LogP contribution in [0.25, 0.3) is 0 Å². The standard InChI is InChI=1S/C26H23BrO5/c1-30-15-16-31-23-22(17-7-3-2-4-8-17)26(18-11-13-19(27)14-12-18)25(29,24(23)28)20-9-5-6-10-21(20)32-26/h2-14,22-23,29H,15-16H2,1H3. The van der Waals surface area contributed by atoms with E-state index in [-0.39, 0.29) is 6.61 Å². The van der Waals surface area contributed by atoms with Crippen LogP contribution in [-0.2, 0) is 25.5 Å². The molecule has 164 valence electrons. The van der Waals surface area contributed by atoms with Gasteiger partial charge in [-0.05, 0) is 29.3 Å². The van der Waals surface area contributed by atoms with Crippen molar-refractivity contribution in [2.75, 3.05) is 20.3 Å². The summed E-state index contributed by atoms with van der Waals surface area (Å²) in [6, 6.07) is 24.4. The average Bonchev–Trinajstić information content (AvgIpc) is 3.19. The average molecular weight is 495 g/mol. The summed E-state index contributed by atoms with van der Waals surface area (Å²) in [5.41, 5.74) is -1.26. The van der Waals surface area contributed by atoms with Gasteiger partial charge in [-0.2, -0.15) is 0 Å². The molecule has 1 saturated carbocycles. The molecule has 4 atom stereocenters. The summed E-state index contributed by atoms with van der Waals surface area (Å²) in [7, 11) is 1.58. The molecule has 1 heterocycles. The lowest BCUT2D eigenvalue weighted by Crippen LogP contribution is -2.50. The first-order chi connectivity index (χ1) is 15.5. The number of fused-ring (bicyclic) bond motifs is 3. The molecule has 4 unspecified atom stereocenters. The Morgan fingerprint density at radius 3 is 2.38 bits per heavy atom. The molecule has 0 bridgehead atoms. The molecule has 3 aromatic rings. The zero-order valence-electron chi connectivity index (χ0n) is 17.5. The summed E-state index contributed by atoms with van der Waals surface area (Å²) in [6.07, 6.45) is -0.908. The molecule has 0 radical (unpaired) electrons. The highest BCUT2D eigenvalue weighted by Crippen LogP contribution is 2.65. The molecule has 5 nitrogen and oxygen atoms in total. The van der Waals surface area contributed by atoms with Gasteiger partial charge < -0.3 is 19.3 Å². The number of ketones is 1. The third-order valence-electron chi connectivity index (χ3n) is 6.46. The molecule has 0 spiro atoms. The van der Waals surface area contributed by atoms with Crippen LogP contribution in [0.1, 0.15) is 22.6 Å². The minimum atomic E-state index is -1.91. The molecule has 2 aliphatic rings. The Balaban J connectivity index is 1.78. The highest BCUT2D eigenvalue weighted by molar-refractivity contribution is 9.10. The number of aliphatic hydroxyl groups is 1. The van der Waals surface area contributed by atoms with Gasteiger partial charge in [0.05, 0.1) is 19.1 Å².